The van der Waals surface area contributed by atoms with Crippen LogP contribution in [0.15, 0.2) is 35.5 Å². The number of rotatable bonds is 5. The minimum atomic E-state index is -1.57. The zero-order chi connectivity index (χ0) is 26.3. The van der Waals surface area contributed by atoms with Crippen LogP contribution in [0.1, 0.15) is 25.3 Å². The SMILES string of the molecule is COC(=O)C1=C2Nc3ccccc3[C@@]23CC[N@@+]2([O-])C[C@@H]([C@H](C)O[C@@H]4O[C@H](CO)[C@@H](O)[C@H](O)[C@H]4O)[C@@H]1C[C@@H]32. The molecule has 0 unspecified atom stereocenters. The number of aliphatic hydroxyl groups is 4. The van der Waals surface area contributed by atoms with Gasteiger partial charge in [-0.1, -0.05) is 18.2 Å². The van der Waals surface area contributed by atoms with Crippen molar-refractivity contribution >= 4 is 11.7 Å². The third kappa shape index (κ3) is 3.39. The number of carbonyl (C=O) groups is 1. The van der Waals surface area contributed by atoms with E-state index in [1.165, 1.54) is 7.11 Å². The topological polar surface area (TPSA) is 161 Å². The van der Waals surface area contributed by atoms with Crippen molar-refractivity contribution in [1.82, 2.24) is 0 Å². The Bertz CT molecular complexity index is 1130. The number of carbonyl (C=O) groups excluding carboxylic acids is 1. The first-order valence-electron chi connectivity index (χ1n) is 12.9. The summed E-state index contributed by atoms with van der Waals surface area (Å²) in [7, 11) is 1.35. The number of anilines is 1. The largest absolute Gasteiger partial charge is 0.633 e. The van der Waals surface area contributed by atoms with Gasteiger partial charge in [-0.05, 0) is 18.6 Å². The number of nitrogens with one attached hydrogen (secondary N) is 1. The van der Waals surface area contributed by atoms with Crippen LogP contribution in [0.4, 0.5) is 5.69 Å². The van der Waals surface area contributed by atoms with E-state index in [4.69, 9.17) is 14.2 Å². The predicted molar refractivity (Wildman–Crippen MR) is 128 cm³/mol. The summed E-state index contributed by atoms with van der Waals surface area (Å²) in [6.45, 7) is 1.80. The van der Waals surface area contributed by atoms with Crippen LogP contribution >= 0.6 is 0 Å². The molecule has 37 heavy (non-hydrogen) atoms. The molecule has 0 amide bonds. The van der Waals surface area contributed by atoms with Gasteiger partial charge in [0.15, 0.2) is 6.29 Å². The minimum Gasteiger partial charge on any atom is -0.633 e. The van der Waals surface area contributed by atoms with E-state index in [0.29, 0.717) is 25.0 Å². The van der Waals surface area contributed by atoms with Crippen LogP contribution < -0.4 is 5.32 Å². The van der Waals surface area contributed by atoms with E-state index in [-0.39, 0.29) is 18.5 Å². The lowest BCUT2D eigenvalue weighted by molar-refractivity contribution is -0.905. The van der Waals surface area contributed by atoms with Crippen LogP contribution in [0, 0.1) is 17.0 Å². The van der Waals surface area contributed by atoms with E-state index < -0.39 is 65.4 Å². The first-order valence-corrected chi connectivity index (χ1v) is 12.9. The fourth-order valence-corrected chi connectivity index (χ4v) is 7.72. The first-order chi connectivity index (χ1) is 17.7. The van der Waals surface area contributed by atoms with E-state index in [2.05, 4.69) is 5.32 Å². The maximum absolute atomic E-state index is 14.4. The van der Waals surface area contributed by atoms with Crippen molar-refractivity contribution in [3.63, 3.8) is 0 Å². The number of methoxy groups -OCH3 is 1. The second-order valence-corrected chi connectivity index (χ2v) is 11.1. The van der Waals surface area contributed by atoms with Crippen molar-refractivity contribution in [2.45, 2.75) is 68.0 Å². The summed E-state index contributed by atoms with van der Waals surface area (Å²) in [5.74, 6) is -1.19. The average Bonchev–Trinajstić information content (AvgIpc) is 3.41. The number of fused-ring (bicyclic) bond motifs is 2. The van der Waals surface area contributed by atoms with Crippen LogP contribution in [-0.4, -0.2) is 101 Å². The highest BCUT2D eigenvalue weighted by Gasteiger charge is 2.68. The van der Waals surface area contributed by atoms with Gasteiger partial charge in [0.05, 0.1) is 43.9 Å². The van der Waals surface area contributed by atoms with Gasteiger partial charge in [0.1, 0.15) is 30.5 Å². The average molecular weight is 519 g/mol. The summed E-state index contributed by atoms with van der Waals surface area (Å²) in [6, 6.07) is 7.64. The number of quaternary nitrogens is 1. The highest BCUT2D eigenvalue weighted by atomic mass is 16.7. The number of hydrogen-bond acceptors (Lipinski definition) is 10. The molecule has 5 aliphatic rings. The van der Waals surface area contributed by atoms with Gasteiger partial charge in [0.25, 0.3) is 0 Å². The molecule has 11 atom stereocenters. The van der Waals surface area contributed by atoms with Gasteiger partial charge >= 0.3 is 5.97 Å². The van der Waals surface area contributed by atoms with E-state index in [9.17, 15) is 30.4 Å². The molecule has 0 radical (unpaired) electrons. The molecule has 5 N–H and O–H groups in total. The monoisotopic (exact) mass is 518 g/mol. The lowest BCUT2D eigenvalue weighted by Gasteiger charge is -2.58. The fourth-order valence-electron chi connectivity index (χ4n) is 7.72. The molecular formula is C26H34N2O9. The second kappa shape index (κ2) is 8.72. The summed E-state index contributed by atoms with van der Waals surface area (Å²) in [6.07, 6.45) is -6.61. The van der Waals surface area contributed by atoms with E-state index >= 15 is 0 Å². The van der Waals surface area contributed by atoms with Crippen molar-refractivity contribution in [2.24, 2.45) is 11.8 Å². The molecule has 6 rings (SSSR count). The Kier molecular flexibility index (Phi) is 5.94. The Morgan fingerprint density at radius 2 is 2.03 bits per heavy atom. The maximum atomic E-state index is 14.4. The van der Waals surface area contributed by atoms with Crippen molar-refractivity contribution in [1.29, 1.82) is 0 Å². The van der Waals surface area contributed by atoms with Gasteiger partial charge in [-0.15, -0.1) is 0 Å². The normalized spacial score (nSPS) is 44.6. The minimum absolute atomic E-state index is 0.214. The van der Waals surface area contributed by atoms with Crippen LogP contribution in [-0.2, 0) is 24.4 Å². The number of esters is 1. The number of hydroxylamine groups is 3. The number of nitrogens with zero attached hydrogens (tertiary/aromatic N) is 1. The van der Waals surface area contributed by atoms with Crippen molar-refractivity contribution in [3.05, 3.63) is 46.3 Å². The summed E-state index contributed by atoms with van der Waals surface area (Å²) in [4.78, 5) is 13.3. The molecule has 4 aliphatic heterocycles. The lowest BCUT2D eigenvalue weighted by atomic mass is 9.60. The Hall–Kier alpha value is -2.09. The van der Waals surface area contributed by atoms with E-state index in [1.807, 2.05) is 24.3 Å². The van der Waals surface area contributed by atoms with E-state index in [1.54, 1.807) is 6.92 Å². The number of hydrogen-bond donors (Lipinski definition) is 5. The number of ether oxygens (including phenoxy) is 3. The van der Waals surface area contributed by atoms with Gasteiger partial charge in [0.2, 0.25) is 0 Å². The molecule has 0 aromatic heterocycles. The maximum Gasteiger partial charge on any atom is 0.335 e. The Morgan fingerprint density at radius 3 is 2.76 bits per heavy atom. The first kappa shape index (κ1) is 25.2. The number of aliphatic hydroxyl groups excluding tert-OH is 4. The molecular weight excluding hydrogens is 484 g/mol. The van der Waals surface area contributed by atoms with Gasteiger partial charge in [-0.25, -0.2) is 4.79 Å². The molecule has 1 aliphatic carbocycles. The number of benzene rings is 1. The fraction of sp³-hybridized carbons (Fsp3) is 0.654. The van der Waals surface area contributed by atoms with Crippen molar-refractivity contribution in [2.75, 3.05) is 32.1 Å². The summed E-state index contributed by atoms with van der Waals surface area (Å²) < 4.78 is 16.5. The van der Waals surface area contributed by atoms with Gasteiger partial charge in [0, 0.05) is 36.1 Å². The smallest absolute Gasteiger partial charge is 0.335 e. The van der Waals surface area contributed by atoms with Crippen LogP contribution in [0.5, 0.6) is 0 Å². The predicted octanol–water partition coefficient (Wildman–Crippen LogP) is -0.281. The molecule has 0 saturated carbocycles. The quantitative estimate of drug-likeness (QED) is 0.199. The molecule has 1 spiro atoms. The zero-order valence-electron chi connectivity index (χ0n) is 20.8. The number of para-hydroxylation sites is 1. The van der Waals surface area contributed by atoms with Gasteiger partial charge < -0.3 is 49.8 Å². The molecule has 11 nitrogen and oxygen atoms in total. The van der Waals surface area contributed by atoms with E-state index in [0.717, 1.165) is 16.9 Å². The van der Waals surface area contributed by atoms with Gasteiger partial charge in [-0.2, -0.15) is 0 Å². The Labute approximate surface area is 214 Å². The lowest BCUT2D eigenvalue weighted by Crippen LogP contribution is -2.65. The van der Waals surface area contributed by atoms with Crippen LogP contribution in [0.2, 0.25) is 0 Å². The molecule has 4 heterocycles. The summed E-state index contributed by atoms with van der Waals surface area (Å²) in [5.41, 5.74) is 2.67. The Morgan fingerprint density at radius 1 is 1.27 bits per heavy atom. The molecule has 1 aromatic rings. The summed E-state index contributed by atoms with van der Waals surface area (Å²) >= 11 is 0. The molecule has 3 fully saturated rings. The third-order valence-electron chi connectivity index (χ3n) is 9.49. The van der Waals surface area contributed by atoms with Crippen LogP contribution in [0.25, 0.3) is 0 Å². The van der Waals surface area contributed by atoms with Crippen molar-refractivity contribution in [3.8, 4) is 0 Å². The Balaban J connectivity index is 1.38. The second-order valence-electron chi connectivity index (χ2n) is 11.1. The van der Waals surface area contributed by atoms with Gasteiger partial charge in [-0.3, -0.25) is 0 Å². The molecule has 2 bridgehead atoms. The molecule has 202 valence electrons. The summed E-state index contributed by atoms with van der Waals surface area (Å²) in [5, 5.41) is 58.2. The zero-order valence-corrected chi connectivity index (χ0v) is 20.8. The molecule has 1 aromatic carbocycles. The molecule has 11 heteroatoms. The van der Waals surface area contributed by atoms with Crippen molar-refractivity contribution < 1.29 is 44.1 Å². The highest BCUT2D eigenvalue weighted by Crippen LogP contribution is 2.63. The van der Waals surface area contributed by atoms with Crippen LogP contribution in [0.3, 0.4) is 0 Å². The highest BCUT2D eigenvalue weighted by molar-refractivity contribution is 5.93. The third-order valence-corrected chi connectivity index (χ3v) is 9.49. The molecule has 3 saturated heterocycles. The number of piperidine rings is 1. The standard InChI is InChI=1S/C26H34N2O9/c1-12(36-25-22(32)21(31)20(30)17(11-29)37-25)14-10-28(34)8-7-26-15-5-3-4-6-16(15)27-23(26)19(24(33)35-2)13(14)9-18(26)28/h3-6,12-14,17-18,20-22,25,27,29-32H,7-11H2,1-2H3/t12-,13-,14-,17+,18-,20+,21-,22+,25+,26+,28+/m0/s1.